The second-order valence-electron chi connectivity index (χ2n) is 6.55. The number of imidazole rings is 1. The van der Waals surface area contributed by atoms with Gasteiger partial charge in [0.25, 0.3) is 0 Å². The first kappa shape index (κ1) is 16.1. The molecule has 2 amide bonds. The van der Waals surface area contributed by atoms with Crippen LogP contribution in [-0.4, -0.2) is 22.0 Å². The molecule has 0 aliphatic heterocycles. The minimum atomic E-state index is -0.127. The second kappa shape index (κ2) is 7.21. The van der Waals surface area contributed by atoms with Gasteiger partial charge in [-0.05, 0) is 36.8 Å². The average Bonchev–Trinajstić information content (AvgIpc) is 2.93. The van der Waals surface area contributed by atoms with Crippen LogP contribution >= 0.6 is 11.6 Å². The number of amides is 2. The summed E-state index contributed by atoms with van der Waals surface area (Å²) in [6, 6.07) is 3.54. The maximum atomic E-state index is 11.9. The summed E-state index contributed by atoms with van der Waals surface area (Å²) in [5, 5.41) is 6.51. The maximum absolute atomic E-state index is 11.9. The van der Waals surface area contributed by atoms with Crippen molar-refractivity contribution in [1.29, 1.82) is 0 Å². The molecule has 3 rings (SSSR count). The van der Waals surface area contributed by atoms with Crippen molar-refractivity contribution in [3.8, 4) is 0 Å². The molecule has 0 saturated heterocycles. The molecule has 23 heavy (non-hydrogen) atoms. The molecule has 2 aromatic heterocycles. The third-order valence-corrected chi connectivity index (χ3v) is 4.71. The Labute approximate surface area is 141 Å². The van der Waals surface area contributed by atoms with Crippen LogP contribution in [0, 0.1) is 11.8 Å². The Morgan fingerprint density at radius 3 is 3.04 bits per heavy atom. The number of halogens is 1. The Morgan fingerprint density at radius 1 is 1.35 bits per heavy atom. The summed E-state index contributed by atoms with van der Waals surface area (Å²) in [6.45, 7) is 3.46. The van der Waals surface area contributed by atoms with Gasteiger partial charge in [0.1, 0.15) is 5.65 Å². The van der Waals surface area contributed by atoms with Crippen LogP contribution in [0.2, 0.25) is 5.02 Å². The van der Waals surface area contributed by atoms with Gasteiger partial charge in [0.05, 0.1) is 17.3 Å². The molecule has 1 aliphatic carbocycles. The van der Waals surface area contributed by atoms with Crippen LogP contribution in [0.4, 0.5) is 4.79 Å². The lowest BCUT2D eigenvalue weighted by Crippen LogP contribution is -2.38. The quantitative estimate of drug-likeness (QED) is 0.897. The topological polar surface area (TPSA) is 58.4 Å². The van der Waals surface area contributed by atoms with Crippen molar-refractivity contribution in [2.45, 2.75) is 39.2 Å². The van der Waals surface area contributed by atoms with E-state index in [0.29, 0.717) is 17.5 Å². The molecule has 0 aromatic carbocycles. The first-order valence-electron chi connectivity index (χ1n) is 8.25. The van der Waals surface area contributed by atoms with Gasteiger partial charge in [0.15, 0.2) is 0 Å². The van der Waals surface area contributed by atoms with Crippen molar-refractivity contribution >= 4 is 23.3 Å². The largest absolute Gasteiger partial charge is 0.338 e. The number of nitrogens with zero attached hydrogens (tertiary/aromatic N) is 2. The van der Waals surface area contributed by atoms with Crippen LogP contribution in [-0.2, 0) is 6.54 Å². The van der Waals surface area contributed by atoms with E-state index in [0.717, 1.165) is 23.8 Å². The third-order valence-electron chi connectivity index (χ3n) is 4.49. The molecule has 2 N–H and O–H groups in total. The summed E-state index contributed by atoms with van der Waals surface area (Å²) in [6.07, 6.45) is 8.72. The molecule has 0 radical (unpaired) electrons. The van der Waals surface area contributed by atoms with E-state index < -0.39 is 0 Å². The molecule has 2 unspecified atom stereocenters. The monoisotopic (exact) mass is 334 g/mol. The molecule has 1 aliphatic rings. The highest BCUT2D eigenvalue weighted by Crippen LogP contribution is 2.27. The summed E-state index contributed by atoms with van der Waals surface area (Å²) < 4.78 is 1.86. The van der Waals surface area contributed by atoms with Crippen LogP contribution in [0.1, 0.15) is 38.3 Å². The van der Waals surface area contributed by atoms with Crippen LogP contribution in [0.15, 0.2) is 24.5 Å². The Bertz CT molecular complexity index is 684. The molecule has 124 valence electrons. The summed E-state index contributed by atoms with van der Waals surface area (Å²) in [5.74, 6) is 1.39. The van der Waals surface area contributed by atoms with Crippen LogP contribution in [0.3, 0.4) is 0 Å². The Kier molecular flexibility index (Phi) is 5.06. The zero-order valence-electron chi connectivity index (χ0n) is 13.4. The normalized spacial score (nSPS) is 21.3. The number of rotatable bonds is 4. The van der Waals surface area contributed by atoms with E-state index in [9.17, 15) is 4.79 Å². The molecule has 2 aromatic rings. The van der Waals surface area contributed by atoms with Gasteiger partial charge in [-0.3, -0.25) is 0 Å². The number of fused-ring (bicyclic) bond motifs is 1. The van der Waals surface area contributed by atoms with E-state index in [4.69, 9.17) is 11.6 Å². The van der Waals surface area contributed by atoms with Crippen LogP contribution in [0.25, 0.3) is 5.65 Å². The van der Waals surface area contributed by atoms with Crippen molar-refractivity contribution in [3.05, 3.63) is 35.2 Å². The van der Waals surface area contributed by atoms with E-state index in [1.807, 2.05) is 16.7 Å². The summed E-state index contributed by atoms with van der Waals surface area (Å²) in [7, 11) is 0. The van der Waals surface area contributed by atoms with Crippen LogP contribution in [0.5, 0.6) is 0 Å². The lowest BCUT2D eigenvalue weighted by molar-refractivity contribution is 0.230. The van der Waals surface area contributed by atoms with E-state index in [1.54, 1.807) is 12.3 Å². The summed E-state index contributed by atoms with van der Waals surface area (Å²) in [5.41, 5.74) is 1.64. The number of aromatic nitrogens is 2. The van der Waals surface area contributed by atoms with Crippen molar-refractivity contribution < 1.29 is 4.79 Å². The number of hydrogen-bond donors (Lipinski definition) is 2. The Balaban J connectivity index is 1.46. The molecule has 2 atom stereocenters. The highest BCUT2D eigenvalue weighted by Gasteiger charge is 2.19. The van der Waals surface area contributed by atoms with E-state index >= 15 is 0 Å². The lowest BCUT2D eigenvalue weighted by Gasteiger charge is -2.26. The number of carbonyl (C=O) groups is 1. The standard InChI is InChI=1S/C17H23ClN4O/c1-12-3-2-4-13(7-12)8-19-17(23)20-9-15-11-22-10-14(18)5-6-16(22)21-15/h5-6,10-13H,2-4,7-9H2,1H3,(H2,19,20,23). The average molecular weight is 335 g/mol. The summed E-state index contributed by atoms with van der Waals surface area (Å²) >= 11 is 5.95. The van der Waals surface area contributed by atoms with Gasteiger partial charge >= 0.3 is 6.03 Å². The highest BCUT2D eigenvalue weighted by molar-refractivity contribution is 6.30. The molecule has 6 heteroatoms. The third kappa shape index (κ3) is 4.38. The molecule has 0 spiro atoms. The highest BCUT2D eigenvalue weighted by atomic mass is 35.5. The van der Waals surface area contributed by atoms with Crippen molar-refractivity contribution in [3.63, 3.8) is 0 Å². The molecule has 0 bridgehead atoms. The van der Waals surface area contributed by atoms with Gasteiger partial charge in [0, 0.05) is 18.9 Å². The van der Waals surface area contributed by atoms with E-state index in [1.165, 1.54) is 25.7 Å². The number of carbonyl (C=O) groups excluding carboxylic acids is 1. The van der Waals surface area contributed by atoms with E-state index in [2.05, 4.69) is 22.5 Å². The molecule has 1 saturated carbocycles. The SMILES string of the molecule is CC1CCCC(CNC(=O)NCc2cn3cc(Cl)ccc3n2)C1. The molecule has 2 heterocycles. The van der Waals surface area contributed by atoms with Gasteiger partial charge in [0.2, 0.25) is 0 Å². The zero-order chi connectivity index (χ0) is 16.2. The smallest absolute Gasteiger partial charge is 0.315 e. The minimum absolute atomic E-state index is 0.127. The molecule has 5 nitrogen and oxygen atoms in total. The summed E-state index contributed by atoms with van der Waals surface area (Å²) in [4.78, 5) is 16.4. The van der Waals surface area contributed by atoms with Crippen molar-refractivity contribution in [2.75, 3.05) is 6.54 Å². The maximum Gasteiger partial charge on any atom is 0.315 e. The fourth-order valence-electron chi connectivity index (χ4n) is 3.32. The predicted octanol–water partition coefficient (Wildman–Crippen LogP) is 3.61. The molecular formula is C17H23ClN4O. The number of urea groups is 1. The number of hydrogen-bond acceptors (Lipinski definition) is 2. The van der Waals surface area contributed by atoms with E-state index in [-0.39, 0.29) is 6.03 Å². The van der Waals surface area contributed by atoms with Gasteiger partial charge in [-0.2, -0.15) is 0 Å². The van der Waals surface area contributed by atoms with Crippen molar-refractivity contribution in [1.82, 2.24) is 20.0 Å². The van der Waals surface area contributed by atoms with Crippen LogP contribution < -0.4 is 10.6 Å². The first-order chi connectivity index (χ1) is 11.1. The number of pyridine rings is 1. The Morgan fingerprint density at radius 2 is 2.22 bits per heavy atom. The fourth-order valence-corrected chi connectivity index (χ4v) is 3.49. The van der Waals surface area contributed by atoms with Gasteiger partial charge in [-0.1, -0.05) is 31.4 Å². The molecule has 1 fully saturated rings. The number of nitrogens with one attached hydrogen (secondary N) is 2. The van der Waals surface area contributed by atoms with Crippen molar-refractivity contribution in [2.24, 2.45) is 11.8 Å². The van der Waals surface area contributed by atoms with Gasteiger partial charge < -0.3 is 15.0 Å². The minimum Gasteiger partial charge on any atom is -0.338 e. The fraction of sp³-hybridized carbons (Fsp3) is 0.529. The molecular weight excluding hydrogens is 312 g/mol. The van der Waals surface area contributed by atoms with Gasteiger partial charge in [-0.15, -0.1) is 0 Å². The zero-order valence-corrected chi connectivity index (χ0v) is 14.1. The Hall–Kier alpha value is -1.75. The lowest BCUT2D eigenvalue weighted by atomic mass is 9.82. The van der Waals surface area contributed by atoms with Gasteiger partial charge in [-0.25, -0.2) is 9.78 Å². The predicted molar refractivity (Wildman–Crippen MR) is 91.6 cm³/mol. The second-order valence-corrected chi connectivity index (χ2v) is 6.98. The first-order valence-corrected chi connectivity index (χ1v) is 8.63.